The maximum absolute atomic E-state index is 13.0. The van der Waals surface area contributed by atoms with Gasteiger partial charge >= 0.3 is 5.97 Å². The van der Waals surface area contributed by atoms with Crippen molar-refractivity contribution in [3.05, 3.63) is 64.3 Å². The molecule has 3 aromatic rings. The summed E-state index contributed by atoms with van der Waals surface area (Å²) in [5, 5.41) is 14.0. The number of hydrogen-bond acceptors (Lipinski definition) is 7. The van der Waals surface area contributed by atoms with Gasteiger partial charge in [-0.3, -0.25) is 9.59 Å². The maximum atomic E-state index is 13.0. The third-order valence-electron chi connectivity index (χ3n) is 6.39. The first-order chi connectivity index (χ1) is 17.6. The van der Waals surface area contributed by atoms with Crippen molar-refractivity contribution in [3.63, 3.8) is 0 Å². The van der Waals surface area contributed by atoms with Gasteiger partial charge in [-0.15, -0.1) is 0 Å². The van der Waals surface area contributed by atoms with Crippen LogP contribution in [-0.4, -0.2) is 61.6 Å². The number of aryl methyl sites for hydroxylation is 2. The number of aromatic nitrogens is 1. The Labute approximate surface area is 220 Å². The Hall–Kier alpha value is -2.92. The first kappa shape index (κ1) is 27.1. The van der Waals surface area contributed by atoms with E-state index in [4.69, 9.17) is 21.1 Å². The third-order valence-corrected chi connectivity index (χ3v) is 8.31. The predicted octanol–water partition coefficient (Wildman–Crippen LogP) is 3.10. The average molecular weight is 549 g/mol. The van der Waals surface area contributed by atoms with Crippen LogP contribution in [-0.2, 0) is 31.2 Å². The summed E-state index contributed by atoms with van der Waals surface area (Å²) in [6.07, 6.45) is 0.745. The van der Waals surface area contributed by atoms with Crippen LogP contribution in [0.5, 0.6) is 0 Å². The van der Waals surface area contributed by atoms with Crippen molar-refractivity contribution >= 4 is 44.2 Å². The Morgan fingerprint density at radius 1 is 1.19 bits per heavy atom. The normalized spacial score (nSPS) is 15.5. The molecule has 1 aliphatic heterocycles. The van der Waals surface area contributed by atoms with Gasteiger partial charge in [0.1, 0.15) is 11.8 Å². The van der Waals surface area contributed by atoms with E-state index >= 15 is 0 Å². The number of hydrogen-bond donors (Lipinski definition) is 2. The second kappa shape index (κ2) is 11.2. The van der Waals surface area contributed by atoms with Gasteiger partial charge in [-0.1, -0.05) is 23.7 Å². The lowest BCUT2D eigenvalue weighted by molar-refractivity contribution is -0.149. The van der Waals surface area contributed by atoms with Crippen LogP contribution in [0.15, 0.2) is 47.4 Å². The van der Waals surface area contributed by atoms with Crippen LogP contribution in [0.4, 0.5) is 0 Å². The van der Waals surface area contributed by atoms with Gasteiger partial charge in [0.05, 0.1) is 41.3 Å². The van der Waals surface area contributed by atoms with Crippen molar-refractivity contribution in [2.45, 2.75) is 36.8 Å². The lowest BCUT2D eigenvalue weighted by Gasteiger charge is -2.22. The van der Waals surface area contributed by atoms with Gasteiger partial charge < -0.3 is 24.5 Å². The highest BCUT2D eigenvalue weighted by molar-refractivity contribution is 7.92. The number of fused-ring (bicyclic) bond motifs is 1. The highest BCUT2D eigenvalue weighted by Crippen LogP contribution is 2.28. The summed E-state index contributed by atoms with van der Waals surface area (Å²) in [6.45, 7) is 2.46. The molecule has 1 aromatic heterocycles. The molecule has 0 spiro atoms. The van der Waals surface area contributed by atoms with E-state index in [0.29, 0.717) is 42.3 Å². The first-order valence-corrected chi connectivity index (χ1v) is 13.9. The third kappa shape index (κ3) is 6.15. The highest BCUT2D eigenvalue weighted by atomic mass is 35.5. The van der Waals surface area contributed by atoms with E-state index < -0.39 is 40.1 Å². The van der Waals surface area contributed by atoms with Crippen LogP contribution >= 0.6 is 11.6 Å². The second-order valence-electron chi connectivity index (χ2n) is 9.11. The van der Waals surface area contributed by atoms with Gasteiger partial charge in [0.15, 0.2) is 15.6 Å². The van der Waals surface area contributed by atoms with E-state index in [-0.39, 0.29) is 11.0 Å². The van der Waals surface area contributed by atoms with E-state index in [9.17, 15) is 23.1 Å². The van der Waals surface area contributed by atoms with Crippen molar-refractivity contribution in [1.29, 1.82) is 0 Å². The number of carbonyl (C=O) groups excluding carboxylic acids is 2. The number of nitrogens with one attached hydrogen (secondary N) is 1. The van der Waals surface area contributed by atoms with E-state index in [2.05, 4.69) is 5.32 Å². The molecule has 4 rings (SSSR count). The number of aliphatic hydroxyl groups is 1. The minimum atomic E-state index is -3.93. The number of carbonyl (C=O) groups is 2. The minimum absolute atomic E-state index is 0.0538. The Balaban J connectivity index is 1.45. The molecule has 1 amide bonds. The highest BCUT2D eigenvalue weighted by Gasteiger charge is 2.25. The van der Waals surface area contributed by atoms with Gasteiger partial charge in [-0.2, -0.15) is 0 Å². The molecule has 0 bridgehead atoms. The summed E-state index contributed by atoms with van der Waals surface area (Å²) in [6, 6.07) is 10.4. The molecule has 9 nitrogen and oxygen atoms in total. The maximum Gasteiger partial charge on any atom is 0.321 e. The van der Waals surface area contributed by atoms with E-state index in [1.54, 1.807) is 17.7 Å². The first-order valence-electron chi connectivity index (χ1n) is 11.9. The lowest BCUT2D eigenvalue weighted by Crippen LogP contribution is -2.32. The number of sulfone groups is 1. The van der Waals surface area contributed by atoms with Crippen molar-refractivity contribution in [1.82, 2.24) is 9.88 Å². The monoisotopic (exact) mass is 548 g/mol. The van der Waals surface area contributed by atoms with Crippen molar-refractivity contribution in [2.24, 2.45) is 7.05 Å². The topological polar surface area (TPSA) is 124 Å². The Bertz CT molecular complexity index is 1410. The fourth-order valence-electron chi connectivity index (χ4n) is 4.36. The molecule has 1 saturated heterocycles. The number of benzene rings is 2. The van der Waals surface area contributed by atoms with Crippen LogP contribution in [0.25, 0.3) is 10.9 Å². The zero-order chi connectivity index (χ0) is 26.7. The molecule has 1 aliphatic rings. The molecule has 0 radical (unpaired) electrons. The fourth-order valence-corrected chi connectivity index (χ4v) is 5.78. The minimum Gasteiger partial charge on any atom is -0.461 e. The quantitative estimate of drug-likeness (QED) is 0.414. The Morgan fingerprint density at radius 3 is 2.51 bits per heavy atom. The summed E-state index contributed by atoms with van der Waals surface area (Å²) in [7, 11) is -2.17. The van der Waals surface area contributed by atoms with Crippen LogP contribution in [0.1, 0.15) is 40.5 Å². The standard InChI is InChI=1S/C26H29ClN2O7S/c1-16-11-21(27)20-13-24(29(2)23(20)12-16)26(32)28-22(14-30)17-3-5-19(6-4-17)37(33,34)15-25(31)36-18-7-9-35-10-8-18/h3-6,11-13,18,22,30H,7-10,14-15H2,1-2H3,(H,28,32). The molecule has 2 aromatic carbocycles. The zero-order valence-electron chi connectivity index (χ0n) is 20.6. The van der Waals surface area contributed by atoms with Gasteiger partial charge in [0.2, 0.25) is 0 Å². The molecule has 0 aliphatic carbocycles. The molecule has 198 valence electrons. The Kier molecular flexibility index (Phi) is 8.23. The molecule has 1 atom stereocenters. The number of ether oxygens (including phenoxy) is 2. The van der Waals surface area contributed by atoms with Gasteiger partial charge in [-0.05, 0) is 48.4 Å². The summed E-state index contributed by atoms with van der Waals surface area (Å²) in [4.78, 5) is 25.2. The van der Waals surface area contributed by atoms with E-state index in [1.807, 2.05) is 19.1 Å². The van der Waals surface area contributed by atoms with E-state index in [0.717, 1.165) is 16.5 Å². The second-order valence-corrected chi connectivity index (χ2v) is 11.5. The Morgan fingerprint density at radius 2 is 1.86 bits per heavy atom. The summed E-state index contributed by atoms with van der Waals surface area (Å²) in [5.41, 5.74) is 2.64. The van der Waals surface area contributed by atoms with Crippen LogP contribution < -0.4 is 5.32 Å². The number of halogens is 1. The largest absolute Gasteiger partial charge is 0.461 e. The number of nitrogens with zero attached hydrogens (tertiary/aromatic N) is 1. The van der Waals surface area contributed by atoms with Crippen LogP contribution in [0.2, 0.25) is 5.02 Å². The van der Waals surface area contributed by atoms with E-state index in [1.165, 1.54) is 24.3 Å². The van der Waals surface area contributed by atoms with Crippen LogP contribution in [0, 0.1) is 6.92 Å². The number of amides is 1. The summed E-state index contributed by atoms with van der Waals surface area (Å²) in [5.74, 6) is -1.99. The van der Waals surface area contributed by atoms with Gasteiger partial charge in [0, 0.05) is 25.3 Å². The number of aliphatic hydroxyl groups excluding tert-OH is 1. The zero-order valence-corrected chi connectivity index (χ0v) is 22.1. The van der Waals surface area contributed by atoms with Crippen molar-refractivity contribution in [3.8, 4) is 0 Å². The molecule has 0 saturated carbocycles. The molecule has 11 heteroatoms. The van der Waals surface area contributed by atoms with Crippen molar-refractivity contribution in [2.75, 3.05) is 25.6 Å². The molecular formula is C26H29ClN2O7S. The molecule has 2 heterocycles. The summed E-state index contributed by atoms with van der Waals surface area (Å²) < 4.78 is 37.6. The van der Waals surface area contributed by atoms with Crippen LogP contribution in [0.3, 0.4) is 0 Å². The number of esters is 1. The molecule has 1 unspecified atom stereocenters. The lowest BCUT2D eigenvalue weighted by atomic mass is 10.1. The SMILES string of the molecule is Cc1cc(Cl)c2cc(C(=O)NC(CO)c3ccc(S(=O)(=O)CC(=O)OC4CCOCC4)cc3)n(C)c2c1. The smallest absolute Gasteiger partial charge is 0.321 e. The molecule has 37 heavy (non-hydrogen) atoms. The van der Waals surface area contributed by atoms with Crippen molar-refractivity contribution < 1.29 is 32.6 Å². The number of rotatable bonds is 8. The predicted molar refractivity (Wildman–Crippen MR) is 138 cm³/mol. The van der Waals surface area contributed by atoms with Gasteiger partial charge in [-0.25, -0.2) is 8.42 Å². The molecule has 1 fully saturated rings. The molecule has 2 N–H and O–H groups in total. The fraction of sp³-hybridized carbons (Fsp3) is 0.385. The average Bonchev–Trinajstić information content (AvgIpc) is 3.19. The summed E-state index contributed by atoms with van der Waals surface area (Å²) >= 11 is 6.34. The molecular weight excluding hydrogens is 520 g/mol. The van der Waals surface area contributed by atoms with Gasteiger partial charge in [0.25, 0.3) is 5.91 Å².